The number of ether oxygens (including phenoxy) is 1. The summed E-state index contributed by atoms with van der Waals surface area (Å²) < 4.78 is 10.6. The lowest BCUT2D eigenvalue weighted by molar-refractivity contribution is -0.354. The van der Waals surface area contributed by atoms with Crippen LogP contribution >= 0.6 is 0 Å². The summed E-state index contributed by atoms with van der Waals surface area (Å²) in [6.07, 6.45) is 1.68. The molecule has 0 amide bonds. The first-order valence-corrected chi connectivity index (χ1v) is 6.53. The molecule has 0 radical (unpaired) electrons. The van der Waals surface area contributed by atoms with Crippen LogP contribution in [-0.2, 0) is 6.54 Å². The first-order chi connectivity index (χ1) is 9.76. The van der Waals surface area contributed by atoms with Gasteiger partial charge in [-0.3, -0.25) is 0 Å². The van der Waals surface area contributed by atoms with Crippen LogP contribution in [0.3, 0.4) is 0 Å². The molecule has 0 aliphatic carbocycles. The third-order valence-electron chi connectivity index (χ3n) is 3.24. The Bertz CT molecular complexity index is 721. The lowest BCUT2D eigenvalue weighted by Gasteiger charge is -2.08. The number of pyridine rings is 1. The molecule has 0 saturated carbocycles. The van der Waals surface area contributed by atoms with Crippen LogP contribution in [0.15, 0.2) is 47.1 Å². The van der Waals surface area contributed by atoms with Crippen LogP contribution in [0, 0.1) is 6.92 Å². The fraction of sp³-hybridized carbons (Fsp3) is 0.188. The predicted octanol–water partition coefficient (Wildman–Crippen LogP) is 3.18. The molecule has 2 heterocycles. The second kappa shape index (κ2) is 5.25. The molecule has 1 aromatic carbocycles. The van der Waals surface area contributed by atoms with E-state index in [4.69, 9.17) is 9.15 Å². The molecule has 2 aromatic heterocycles. The maximum Gasteiger partial charge on any atom is 0.213 e. The van der Waals surface area contributed by atoms with Crippen LogP contribution < -0.4 is 15.0 Å². The summed E-state index contributed by atoms with van der Waals surface area (Å²) in [6.45, 7) is 2.70. The van der Waals surface area contributed by atoms with Gasteiger partial charge in [0.1, 0.15) is 11.5 Å². The minimum absolute atomic E-state index is 0.656. The molecule has 4 nitrogen and oxygen atoms in total. The zero-order valence-corrected chi connectivity index (χ0v) is 11.6. The maximum absolute atomic E-state index is 5.35. The Morgan fingerprint density at radius 3 is 2.90 bits per heavy atom. The van der Waals surface area contributed by atoms with E-state index in [-0.39, 0.29) is 0 Å². The summed E-state index contributed by atoms with van der Waals surface area (Å²) >= 11 is 0. The number of nitrogens with one attached hydrogen (secondary N) is 2. The van der Waals surface area contributed by atoms with Crippen molar-refractivity contribution in [1.82, 2.24) is 0 Å². The van der Waals surface area contributed by atoms with Crippen molar-refractivity contribution in [3.63, 3.8) is 0 Å². The number of benzene rings is 1. The average Bonchev–Trinajstić information content (AvgIpc) is 2.97. The largest absolute Gasteiger partial charge is 0.497 e. The van der Waals surface area contributed by atoms with Crippen molar-refractivity contribution < 1.29 is 14.1 Å². The van der Waals surface area contributed by atoms with Gasteiger partial charge in [0.15, 0.2) is 5.69 Å². The first-order valence-electron chi connectivity index (χ1n) is 6.53. The number of methoxy groups -OCH3 is 1. The molecule has 0 fully saturated rings. The van der Waals surface area contributed by atoms with Crippen molar-refractivity contribution in [2.24, 2.45) is 0 Å². The van der Waals surface area contributed by atoms with Crippen molar-refractivity contribution in [3.05, 3.63) is 54.1 Å². The second-order valence-electron chi connectivity index (χ2n) is 4.71. The summed E-state index contributed by atoms with van der Waals surface area (Å²) in [4.78, 5) is 3.36. The highest BCUT2D eigenvalue weighted by Gasteiger charge is 2.10. The number of anilines is 1. The highest BCUT2D eigenvalue weighted by Crippen LogP contribution is 2.25. The fourth-order valence-electron chi connectivity index (χ4n) is 2.27. The highest BCUT2D eigenvalue weighted by molar-refractivity contribution is 5.90. The predicted molar refractivity (Wildman–Crippen MR) is 77.8 cm³/mol. The van der Waals surface area contributed by atoms with Crippen molar-refractivity contribution >= 4 is 16.6 Å². The SMILES string of the molecule is COc1ccc2[nH+]c(C)cc(NCc3ccco3)c2c1. The van der Waals surface area contributed by atoms with E-state index in [0.29, 0.717) is 6.54 Å². The normalized spacial score (nSPS) is 10.7. The van der Waals surface area contributed by atoms with E-state index in [9.17, 15) is 0 Å². The van der Waals surface area contributed by atoms with Gasteiger partial charge in [-0.25, -0.2) is 4.98 Å². The molecular weight excluding hydrogens is 252 g/mol. The summed E-state index contributed by atoms with van der Waals surface area (Å²) in [5.74, 6) is 1.75. The van der Waals surface area contributed by atoms with E-state index in [1.165, 1.54) is 0 Å². The van der Waals surface area contributed by atoms with Crippen molar-refractivity contribution in [3.8, 4) is 5.75 Å². The number of H-pyrrole nitrogens is 1. The van der Waals surface area contributed by atoms with Crippen molar-refractivity contribution in [2.45, 2.75) is 13.5 Å². The van der Waals surface area contributed by atoms with Crippen LogP contribution in [0.5, 0.6) is 5.75 Å². The Kier molecular flexibility index (Phi) is 3.29. The zero-order chi connectivity index (χ0) is 13.9. The van der Waals surface area contributed by atoms with Gasteiger partial charge >= 0.3 is 0 Å². The molecule has 0 unspecified atom stereocenters. The Morgan fingerprint density at radius 2 is 2.15 bits per heavy atom. The number of aromatic nitrogens is 1. The Hall–Kier alpha value is -2.49. The molecule has 3 rings (SSSR count). The first kappa shape index (κ1) is 12.5. The Balaban J connectivity index is 1.98. The molecule has 102 valence electrons. The molecule has 0 atom stereocenters. The quantitative estimate of drug-likeness (QED) is 0.791. The summed E-state index contributed by atoms with van der Waals surface area (Å²) in [5, 5.41) is 4.51. The van der Waals surface area contributed by atoms with E-state index in [1.807, 2.05) is 37.3 Å². The van der Waals surface area contributed by atoms with E-state index >= 15 is 0 Å². The van der Waals surface area contributed by atoms with Gasteiger partial charge in [-0.2, -0.15) is 0 Å². The number of hydrogen-bond acceptors (Lipinski definition) is 3. The summed E-state index contributed by atoms with van der Waals surface area (Å²) in [5.41, 5.74) is 3.24. The number of rotatable bonds is 4. The fourth-order valence-corrected chi connectivity index (χ4v) is 2.27. The zero-order valence-electron chi connectivity index (χ0n) is 11.6. The standard InChI is InChI=1S/C16H16N2O2/c1-11-8-16(17-10-13-4-3-7-20-13)14-9-12(19-2)5-6-15(14)18-11/h3-9H,10H2,1-2H3,(H,17,18)/p+1. The molecule has 0 saturated heterocycles. The van der Waals surface area contributed by atoms with Gasteiger partial charge in [0.05, 0.1) is 31.0 Å². The number of hydrogen-bond donors (Lipinski definition) is 1. The number of fused-ring (bicyclic) bond motifs is 1. The van der Waals surface area contributed by atoms with Gasteiger partial charge in [-0.05, 0) is 24.3 Å². The van der Waals surface area contributed by atoms with Crippen LogP contribution in [0.1, 0.15) is 11.5 Å². The van der Waals surface area contributed by atoms with E-state index in [1.54, 1.807) is 13.4 Å². The molecule has 3 aromatic rings. The van der Waals surface area contributed by atoms with Gasteiger partial charge in [0.2, 0.25) is 5.52 Å². The number of aryl methyl sites for hydroxylation is 1. The van der Waals surface area contributed by atoms with Crippen LogP contribution in [0.4, 0.5) is 5.69 Å². The van der Waals surface area contributed by atoms with E-state index in [0.717, 1.165) is 33.8 Å². The molecule has 4 heteroatoms. The van der Waals surface area contributed by atoms with Gasteiger partial charge < -0.3 is 14.5 Å². The molecule has 20 heavy (non-hydrogen) atoms. The lowest BCUT2D eigenvalue weighted by atomic mass is 10.1. The van der Waals surface area contributed by atoms with Gasteiger partial charge in [-0.15, -0.1) is 0 Å². The lowest BCUT2D eigenvalue weighted by Crippen LogP contribution is -2.11. The van der Waals surface area contributed by atoms with Crippen molar-refractivity contribution in [1.29, 1.82) is 0 Å². The van der Waals surface area contributed by atoms with Gasteiger partial charge in [0.25, 0.3) is 0 Å². The molecule has 0 aliphatic rings. The number of aromatic amines is 1. The Labute approximate surface area is 117 Å². The third kappa shape index (κ3) is 2.45. The average molecular weight is 269 g/mol. The van der Waals surface area contributed by atoms with Crippen molar-refractivity contribution in [2.75, 3.05) is 12.4 Å². The smallest absolute Gasteiger partial charge is 0.213 e. The van der Waals surface area contributed by atoms with Gasteiger partial charge in [-0.1, -0.05) is 0 Å². The molecule has 0 spiro atoms. The topological polar surface area (TPSA) is 48.5 Å². The molecule has 2 N–H and O–H groups in total. The van der Waals surface area contributed by atoms with Gasteiger partial charge in [0, 0.05) is 19.1 Å². The molecule has 0 bridgehead atoms. The van der Waals surface area contributed by atoms with Crippen LogP contribution in [-0.4, -0.2) is 7.11 Å². The van der Waals surface area contributed by atoms with E-state index in [2.05, 4.69) is 16.4 Å². The van der Waals surface area contributed by atoms with Crippen LogP contribution in [0.2, 0.25) is 0 Å². The summed E-state index contributed by atoms with van der Waals surface area (Å²) in [7, 11) is 1.68. The number of furan rings is 1. The molecular formula is C16H17N2O2+. The second-order valence-corrected chi connectivity index (χ2v) is 4.71. The minimum Gasteiger partial charge on any atom is -0.497 e. The minimum atomic E-state index is 0.656. The van der Waals surface area contributed by atoms with Crippen LogP contribution in [0.25, 0.3) is 10.9 Å². The molecule has 0 aliphatic heterocycles. The monoisotopic (exact) mass is 269 g/mol. The summed E-state index contributed by atoms with van der Waals surface area (Å²) in [6, 6.07) is 11.9. The van der Waals surface area contributed by atoms with E-state index < -0.39 is 0 Å². The highest BCUT2D eigenvalue weighted by atomic mass is 16.5. The Morgan fingerprint density at radius 1 is 1.25 bits per heavy atom. The third-order valence-corrected chi connectivity index (χ3v) is 3.24. The maximum atomic E-state index is 5.35.